The average molecular weight is 344 g/mol. The van der Waals surface area contributed by atoms with E-state index in [-0.39, 0.29) is 5.41 Å². The molecule has 134 valence electrons. The van der Waals surface area contributed by atoms with Crippen LogP contribution in [0.1, 0.15) is 44.7 Å². The Balaban J connectivity index is 1.61. The zero-order chi connectivity index (χ0) is 18.6. The lowest BCUT2D eigenvalue weighted by atomic mass is 9.78. The average Bonchev–Trinajstić information content (AvgIpc) is 2.66. The molecule has 0 aliphatic heterocycles. The van der Waals surface area contributed by atoms with Gasteiger partial charge in [-0.2, -0.15) is 0 Å². The topological polar surface area (TPSA) is 9.23 Å². The highest BCUT2D eigenvalue weighted by Gasteiger charge is 2.21. The van der Waals surface area contributed by atoms with Gasteiger partial charge < -0.3 is 4.74 Å². The number of benzene rings is 3. The Morgan fingerprint density at radius 3 is 1.88 bits per heavy atom. The van der Waals surface area contributed by atoms with Gasteiger partial charge in [-0.15, -0.1) is 0 Å². The SMILES string of the molecule is CC(c1ccc(OCc2ccc(-c3ccccc3)cc2)cc1)C(C)(C)C. The Kier molecular flexibility index (Phi) is 5.46. The first-order valence-corrected chi connectivity index (χ1v) is 9.30. The molecule has 1 nitrogen and oxygen atoms in total. The predicted octanol–water partition coefficient (Wildman–Crippen LogP) is 7.08. The molecular formula is C25H28O. The summed E-state index contributed by atoms with van der Waals surface area (Å²) >= 11 is 0. The zero-order valence-electron chi connectivity index (χ0n) is 16.2. The summed E-state index contributed by atoms with van der Waals surface area (Å²) in [6.07, 6.45) is 0. The lowest BCUT2D eigenvalue weighted by molar-refractivity contribution is 0.305. The first kappa shape index (κ1) is 18.3. The van der Waals surface area contributed by atoms with E-state index >= 15 is 0 Å². The molecule has 0 fully saturated rings. The first-order valence-electron chi connectivity index (χ1n) is 9.30. The van der Waals surface area contributed by atoms with Gasteiger partial charge in [-0.1, -0.05) is 94.4 Å². The fraction of sp³-hybridized carbons (Fsp3) is 0.280. The molecule has 0 saturated heterocycles. The largest absolute Gasteiger partial charge is 0.489 e. The highest BCUT2D eigenvalue weighted by atomic mass is 16.5. The predicted molar refractivity (Wildman–Crippen MR) is 111 cm³/mol. The van der Waals surface area contributed by atoms with Crippen LogP contribution >= 0.6 is 0 Å². The fourth-order valence-corrected chi connectivity index (χ4v) is 2.94. The summed E-state index contributed by atoms with van der Waals surface area (Å²) in [6, 6.07) is 27.5. The van der Waals surface area contributed by atoms with Crippen molar-refractivity contribution in [3.05, 3.63) is 90.0 Å². The summed E-state index contributed by atoms with van der Waals surface area (Å²) in [5.74, 6) is 1.43. The van der Waals surface area contributed by atoms with E-state index in [4.69, 9.17) is 4.74 Å². The van der Waals surface area contributed by atoms with Crippen molar-refractivity contribution >= 4 is 0 Å². The van der Waals surface area contributed by atoms with Gasteiger partial charge >= 0.3 is 0 Å². The Hall–Kier alpha value is -2.54. The molecule has 1 heteroatoms. The molecular weight excluding hydrogens is 316 g/mol. The lowest BCUT2D eigenvalue weighted by Gasteiger charge is -2.27. The van der Waals surface area contributed by atoms with E-state index in [1.807, 2.05) is 6.07 Å². The Labute approximate surface area is 157 Å². The third-order valence-electron chi connectivity index (χ3n) is 5.15. The third kappa shape index (κ3) is 4.54. The van der Waals surface area contributed by atoms with E-state index in [1.54, 1.807) is 0 Å². The van der Waals surface area contributed by atoms with Crippen molar-refractivity contribution in [2.45, 2.75) is 40.2 Å². The monoisotopic (exact) mass is 344 g/mol. The maximum absolute atomic E-state index is 5.96. The molecule has 0 aliphatic rings. The van der Waals surface area contributed by atoms with Crippen LogP contribution in [0.15, 0.2) is 78.9 Å². The van der Waals surface area contributed by atoms with Crippen LogP contribution in [0.3, 0.4) is 0 Å². The van der Waals surface area contributed by atoms with Crippen molar-refractivity contribution < 1.29 is 4.74 Å². The van der Waals surface area contributed by atoms with Gasteiger partial charge in [0.05, 0.1) is 0 Å². The lowest BCUT2D eigenvalue weighted by Crippen LogP contribution is -2.15. The van der Waals surface area contributed by atoms with Gasteiger partial charge in [0, 0.05) is 0 Å². The van der Waals surface area contributed by atoms with Gasteiger partial charge in [0.25, 0.3) is 0 Å². The van der Waals surface area contributed by atoms with Crippen LogP contribution in [-0.4, -0.2) is 0 Å². The fourth-order valence-electron chi connectivity index (χ4n) is 2.94. The smallest absolute Gasteiger partial charge is 0.119 e. The first-order chi connectivity index (χ1) is 12.4. The summed E-state index contributed by atoms with van der Waals surface area (Å²) < 4.78 is 5.96. The molecule has 0 bridgehead atoms. The summed E-state index contributed by atoms with van der Waals surface area (Å²) in [6.45, 7) is 9.71. The van der Waals surface area contributed by atoms with Gasteiger partial charge in [-0.05, 0) is 45.7 Å². The van der Waals surface area contributed by atoms with E-state index in [0.717, 1.165) is 5.75 Å². The van der Waals surface area contributed by atoms with E-state index in [1.165, 1.54) is 22.3 Å². The van der Waals surface area contributed by atoms with E-state index < -0.39 is 0 Å². The van der Waals surface area contributed by atoms with Crippen LogP contribution in [0.25, 0.3) is 11.1 Å². The highest BCUT2D eigenvalue weighted by Crippen LogP contribution is 2.35. The zero-order valence-corrected chi connectivity index (χ0v) is 16.2. The Morgan fingerprint density at radius 1 is 0.731 bits per heavy atom. The van der Waals surface area contributed by atoms with Gasteiger partial charge in [0.2, 0.25) is 0 Å². The molecule has 0 N–H and O–H groups in total. The number of ether oxygens (including phenoxy) is 1. The molecule has 3 rings (SSSR count). The summed E-state index contributed by atoms with van der Waals surface area (Å²) in [5.41, 5.74) is 5.27. The van der Waals surface area contributed by atoms with E-state index in [0.29, 0.717) is 12.5 Å². The molecule has 0 heterocycles. The number of rotatable bonds is 5. The van der Waals surface area contributed by atoms with Crippen LogP contribution in [0.2, 0.25) is 0 Å². The molecule has 1 unspecified atom stereocenters. The molecule has 1 atom stereocenters. The molecule has 0 amide bonds. The molecule has 0 aromatic heterocycles. The Morgan fingerprint density at radius 2 is 1.31 bits per heavy atom. The quantitative estimate of drug-likeness (QED) is 0.480. The summed E-state index contributed by atoms with van der Waals surface area (Å²) in [7, 11) is 0. The second-order valence-corrected chi connectivity index (χ2v) is 8.01. The van der Waals surface area contributed by atoms with Crippen molar-refractivity contribution in [3.8, 4) is 16.9 Å². The van der Waals surface area contributed by atoms with Crippen LogP contribution in [0.4, 0.5) is 0 Å². The van der Waals surface area contributed by atoms with Gasteiger partial charge in [0.15, 0.2) is 0 Å². The van der Waals surface area contributed by atoms with E-state index in [9.17, 15) is 0 Å². The molecule has 0 saturated carbocycles. The van der Waals surface area contributed by atoms with E-state index in [2.05, 4.69) is 100 Å². The minimum Gasteiger partial charge on any atom is -0.489 e. The molecule has 3 aromatic carbocycles. The molecule has 3 aromatic rings. The van der Waals surface area contributed by atoms with Crippen molar-refractivity contribution in [2.24, 2.45) is 5.41 Å². The molecule has 0 spiro atoms. The van der Waals surface area contributed by atoms with Crippen LogP contribution in [0.5, 0.6) is 5.75 Å². The Bertz CT molecular complexity index is 809. The standard InChI is InChI=1S/C25H28O/c1-19(25(2,3)4)21-14-16-24(17-15-21)26-18-20-10-12-23(13-11-20)22-8-6-5-7-9-22/h5-17,19H,18H2,1-4H3. The summed E-state index contributed by atoms with van der Waals surface area (Å²) in [5, 5.41) is 0. The molecule has 0 aliphatic carbocycles. The van der Waals surface area contributed by atoms with Crippen LogP contribution in [0, 0.1) is 5.41 Å². The number of hydrogen-bond acceptors (Lipinski definition) is 1. The van der Waals surface area contributed by atoms with Crippen molar-refractivity contribution in [2.75, 3.05) is 0 Å². The maximum atomic E-state index is 5.96. The minimum absolute atomic E-state index is 0.267. The van der Waals surface area contributed by atoms with Gasteiger partial charge in [-0.3, -0.25) is 0 Å². The highest BCUT2D eigenvalue weighted by molar-refractivity contribution is 5.63. The van der Waals surface area contributed by atoms with Gasteiger partial charge in [0.1, 0.15) is 12.4 Å². The van der Waals surface area contributed by atoms with Gasteiger partial charge in [-0.25, -0.2) is 0 Å². The molecule has 26 heavy (non-hydrogen) atoms. The third-order valence-corrected chi connectivity index (χ3v) is 5.15. The van der Waals surface area contributed by atoms with Crippen molar-refractivity contribution in [1.82, 2.24) is 0 Å². The summed E-state index contributed by atoms with van der Waals surface area (Å²) in [4.78, 5) is 0. The maximum Gasteiger partial charge on any atom is 0.119 e. The van der Waals surface area contributed by atoms with Crippen LogP contribution in [-0.2, 0) is 6.61 Å². The molecule has 0 radical (unpaired) electrons. The van der Waals surface area contributed by atoms with Crippen LogP contribution < -0.4 is 4.74 Å². The second-order valence-electron chi connectivity index (χ2n) is 8.01. The normalized spacial score (nSPS) is 12.6. The second kappa shape index (κ2) is 7.78. The minimum atomic E-state index is 0.267. The van der Waals surface area contributed by atoms with Crippen molar-refractivity contribution in [3.63, 3.8) is 0 Å². The number of hydrogen-bond donors (Lipinski definition) is 0. The van der Waals surface area contributed by atoms with Crippen molar-refractivity contribution in [1.29, 1.82) is 0 Å².